The standard InChI is InChI=1S/C2H6O4S.H2O4S/c1-5-7(3,4)6-2;1-5(2,3)4/h1-2H3;(H2,1,2,3,4)/p-2. The number of hydrogen-bond donors (Lipinski definition) is 0. The van der Waals surface area contributed by atoms with Gasteiger partial charge in [-0.05, 0) is 0 Å². The van der Waals surface area contributed by atoms with Gasteiger partial charge >= 0.3 is 10.4 Å². The molecule has 10 heteroatoms. The van der Waals surface area contributed by atoms with Crippen LogP contribution in [0.15, 0.2) is 0 Å². The van der Waals surface area contributed by atoms with Crippen LogP contribution in [0.1, 0.15) is 0 Å². The zero-order chi connectivity index (χ0) is 10.4. The van der Waals surface area contributed by atoms with Crippen molar-refractivity contribution in [1.82, 2.24) is 0 Å². The zero-order valence-corrected chi connectivity index (χ0v) is 7.72. The molecule has 0 saturated carbocycles. The highest BCUT2D eigenvalue weighted by Crippen LogP contribution is 1.85. The van der Waals surface area contributed by atoms with Gasteiger partial charge in [0.2, 0.25) is 0 Å². The molecule has 8 nitrogen and oxygen atoms in total. The van der Waals surface area contributed by atoms with E-state index >= 15 is 0 Å². The summed E-state index contributed by atoms with van der Waals surface area (Å²) in [7, 11) is -6.77. The summed E-state index contributed by atoms with van der Waals surface area (Å²) in [4.78, 5) is 0. The second kappa shape index (κ2) is 5.40. The minimum Gasteiger partial charge on any atom is -0.759 e. The van der Waals surface area contributed by atoms with Crippen LogP contribution in [0.25, 0.3) is 0 Å². The predicted octanol–water partition coefficient (Wildman–Crippen LogP) is -1.81. The molecule has 0 aliphatic heterocycles. The largest absolute Gasteiger partial charge is 0.759 e. The van der Waals surface area contributed by atoms with Gasteiger partial charge in [0, 0.05) is 10.4 Å². The summed E-state index contributed by atoms with van der Waals surface area (Å²) in [6.45, 7) is 0. The van der Waals surface area contributed by atoms with E-state index in [1.165, 1.54) is 0 Å². The van der Waals surface area contributed by atoms with E-state index in [1.807, 2.05) is 0 Å². The second-order valence-corrected chi connectivity index (χ2v) is 3.45. The lowest BCUT2D eigenvalue weighted by Gasteiger charge is -2.06. The molecule has 12 heavy (non-hydrogen) atoms. The van der Waals surface area contributed by atoms with E-state index in [0.29, 0.717) is 0 Å². The lowest BCUT2D eigenvalue weighted by molar-refractivity contribution is 0.286. The van der Waals surface area contributed by atoms with Crippen LogP contribution < -0.4 is 0 Å². The third-order valence-corrected chi connectivity index (χ3v) is 1.22. The van der Waals surface area contributed by atoms with Gasteiger partial charge in [0.15, 0.2) is 0 Å². The summed E-state index contributed by atoms with van der Waals surface area (Å²) < 4.78 is 61.6. The molecule has 0 saturated heterocycles. The van der Waals surface area contributed by atoms with Gasteiger partial charge in [0.25, 0.3) is 0 Å². The lowest BCUT2D eigenvalue weighted by Crippen LogP contribution is -2.02. The van der Waals surface area contributed by atoms with E-state index in [2.05, 4.69) is 8.37 Å². The van der Waals surface area contributed by atoms with Crippen molar-refractivity contribution >= 4 is 20.8 Å². The van der Waals surface area contributed by atoms with Crippen molar-refractivity contribution in [1.29, 1.82) is 0 Å². The molecule has 0 amide bonds. The Labute approximate surface area is 70.0 Å². The van der Waals surface area contributed by atoms with Crippen LogP contribution in [0.4, 0.5) is 0 Å². The normalized spacial score (nSPS) is 11.7. The van der Waals surface area contributed by atoms with Crippen LogP contribution in [0, 0.1) is 0 Å². The molecule has 0 rings (SSSR count). The first-order valence-electron chi connectivity index (χ1n) is 2.15. The van der Waals surface area contributed by atoms with Crippen molar-refractivity contribution in [3.63, 3.8) is 0 Å². The van der Waals surface area contributed by atoms with Gasteiger partial charge in [-0.25, -0.2) is 0 Å². The average molecular weight is 222 g/mol. The Hall–Kier alpha value is -0.260. The summed E-state index contributed by atoms with van der Waals surface area (Å²) in [5, 5.41) is 0. The fraction of sp³-hybridized carbons (Fsp3) is 1.00. The lowest BCUT2D eigenvalue weighted by atomic mass is 11.8. The van der Waals surface area contributed by atoms with Crippen molar-refractivity contribution in [2.75, 3.05) is 14.2 Å². The van der Waals surface area contributed by atoms with Gasteiger partial charge in [0.1, 0.15) is 0 Å². The summed E-state index contributed by atoms with van der Waals surface area (Å²) in [5.41, 5.74) is 0. The highest BCUT2D eigenvalue weighted by atomic mass is 32.3. The van der Waals surface area contributed by atoms with Crippen LogP contribution in [0.3, 0.4) is 0 Å². The van der Waals surface area contributed by atoms with E-state index in [9.17, 15) is 8.42 Å². The smallest absolute Gasteiger partial charge is 0.399 e. The fourth-order valence-electron chi connectivity index (χ4n) is 0.0680. The topological polar surface area (TPSA) is 133 Å². The van der Waals surface area contributed by atoms with Gasteiger partial charge in [-0.15, -0.1) is 0 Å². The molecular formula is C2H6O8S2-2. The van der Waals surface area contributed by atoms with E-state index in [-0.39, 0.29) is 0 Å². The van der Waals surface area contributed by atoms with Gasteiger partial charge < -0.3 is 9.11 Å². The van der Waals surface area contributed by atoms with Crippen LogP contribution in [-0.2, 0) is 29.2 Å². The average Bonchev–Trinajstić information content (AvgIpc) is 1.85. The fourth-order valence-corrected chi connectivity index (χ4v) is 0.204. The van der Waals surface area contributed by atoms with Crippen LogP contribution >= 0.6 is 0 Å². The molecule has 0 heterocycles. The van der Waals surface area contributed by atoms with Crippen molar-refractivity contribution in [3.05, 3.63) is 0 Å². The molecular weight excluding hydrogens is 216 g/mol. The Balaban J connectivity index is 0. The van der Waals surface area contributed by atoms with E-state index in [0.717, 1.165) is 14.2 Å². The molecule has 0 aromatic carbocycles. The Morgan fingerprint density at radius 1 is 0.917 bits per heavy atom. The van der Waals surface area contributed by atoms with Crippen LogP contribution in [0.2, 0.25) is 0 Å². The third kappa shape index (κ3) is 22.6. The summed E-state index contributed by atoms with van der Waals surface area (Å²) in [5.74, 6) is 0. The first kappa shape index (κ1) is 14.3. The molecule has 0 fully saturated rings. The van der Waals surface area contributed by atoms with Gasteiger partial charge in [-0.2, -0.15) is 8.42 Å². The first-order valence-corrected chi connectivity index (χ1v) is 4.82. The number of rotatable bonds is 2. The minimum absolute atomic E-state index is 1.03. The predicted molar refractivity (Wildman–Crippen MR) is 33.4 cm³/mol. The van der Waals surface area contributed by atoms with Crippen LogP contribution in [0.5, 0.6) is 0 Å². The van der Waals surface area contributed by atoms with Crippen molar-refractivity contribution in [3.8, 4) is 0 Å². The third-order valence-electron chi connectivity index (χ3n) is 0.408. The van der Waals surface area contributed by atoms with E-state index in [1.54, 1.807) is 0 Å². The highest BCUT2D eigenvalue weighted by molar-refractivity contribution is 7.81. The van der Waals surface area contributed by atoms with E-state index in [4.69, 9.17) is 17.5 Å². The van der Waals surface area contributed by atoms with Gasteiger partial charge in [0.05, 0.1) is 14.2 Å². The molecule has 0 aromatic rings. The quantitative estimate of drug-likeness (QED) is 0.394. The molecule has 0 atom stereocenters. The van der Waals surface area contributed by atoms with Gasteiger partial charge in [-0.3, -0.25) is 16.8 Å². The molecule has 0 aliphatic rings. The maximum atomic E-state index is 9.92. The Morgan fingerprint density at radius 3 is 1.08 bits per heavy atom. The van der Waals surface area contributed by atoms with Crippen molar-refractivity contribution < 1.29 is 34.3 Å². The van der Waals surface area contributed by atoms with Crippen molar-refractivity contribution in [2.24, 2.45) is 0 Å². The Kier molecular flexibility index (Phi) is 6.42. The van der Waals surface area contributed by atoms with Gasteiger partial charge in [-0.1, -0.05) is 0 Å². The molecule has 0 bridgehead atoms. The molecule has 0 aliphatic carbocycles. The SMILES string of the molecule is COS(=O)(=O)OC.O=S(=O)([O-])[O-]. The van der Waals surface area contributed by atoms with E-state index < -0.39 is 20.8 Å². The Morgan fingerprint density at radius 2 is 1.08 bits per heavy atom. The molecule has 0 N–H and O–H groups in total. The molecule has 0 unspecified atom stereocenters. The van der Waals surface area contributed by atoms with Crippen molar-refractivity contribution in [2.45, 2.75) is 0 Å². The summed E-state index contributed by atoms with van der Waals surface area (Å²) in [6.07, 6.45) is 0. The minimum atomic E-state index is -5.17. The Bertz CT molecular complexity index is 265. The monoisotopic (exact) mass is 222 g/mol. The number of hydrogen-bond acceptors (Lipinski definition) is 8. The highest BCUT2D eigenvalue weighted by Gasteiger charge is 2.01. The summed E-state index contributed by atoms with van der Waals surface area (Å²) >= 11 is 0. The molecule has 0 radical (unpaired) electrons. The molecule has 0 aromatic heterocycles. The van der Waals surface area contributed by atoms with Crippen LogP contribution in [-0.4, -0.2) is 40.2 Å². The first-order chi connectivity index (χ1) is 5.12. The second-order valence-electron chi connectivity index (χ2n) is 1.15. The summed E-state index contributed by atoms with van der Waals surface area (Å²) in [6, 6.07) is 0. The molecule has 76 valence electrons. The molecule has 0 spiro atoms. The maximum Gasteiger partial charge on any atom is 0.399 e. The maximum absolute atomic E-state index is 9.92. The zero-order valence-electron chi connectivity index (χ0n) is 6.08.